The Morgan fingerprint density at radius 1 is 1.25 bits per heavy atom. The van der Waals surface area contributed by atoms with Gasteiger partial charge in [0.05, 0.1) is 0 Å². The maximum absolute atomic E-state index is 4.03. The molecule has 0 atom stereocenters. The summed E-state index contributed by atoms with van der Waals surface area (Å²) >= 11 is 0. The van der Waals surface area contributed by atoms with E-state index in [1.165, 1.54) is 33.4 Å². The van der Waals surface area contributed by atoms with Crippen LogP contribution in [0, 0.1) is 20.8 Å². The molecule has 1 rings (SSSR count). The van der Waals surface area contributed by atoms with E-state index < -0.39 is 0 Å². The molecule has 16 heavy (non-hydrogen) atoms. The first-order valence-corrected chi connectivity index (χ1v) is 5.90. The molecule has 0 heterocycles. The van der Waals surface area contributed by atoms with Gasteiger partial charge in [-0.05, 0) is 56.4 Å². The van der Waals surface area contributed by atoms with E-state index in [2.05, 4.69) is 59.4 Å². The molecule has 0 heteroatoms. The molecular weight excluding hydrogens is 192 g/mol. The molecule has 0 aliphatic heterocycles. The molecule has 0 saturated heterocycles. The van der Waals surface area contributed by atoms with Gasteiger partial charge in [-0.25, -0.2) is 0 Å². The number of hydrogen-bond acceptors (Lipinski definition) is 0. The molecule has 86 valence electrons. The van der Waals surface area contributed by atoms with Crippen LogP contribution in [0.15, 0.2) is 29.9 Å². The fourth-order valence-corrected chi connectivity index (χ4v) is 1.94. The van der Waals surface area contributed by atoms with Crippen molar-refractivity contribution in [3.8, 4) is 0 Å². The number of rotatable bonds is 3. The summed E-state index contributed by atoms with van der Waals surface area (Å²) in [5, 5.41) is 0. The third-order valence-corrected chi connectivity index (χ3v) is 3.11. The zero-order valence-electron chi connectivity index (χ0n) is 11.1. The monoisotopic (exact) mass is 214 g/mol. The molecule has 0 fully saturated rings. The van der Waals surface area contributed by atoms with Gasteiger partial charge in [0.2, 0.25) is 0 Å². The van der Waals surface area contributed by atoms with Gasteiger partial charge in [0.15, 0.2) is 0 Å². The topological polar surface area (TPSA) is 0 Å². The zero-order valence-corrected chi connectivity index (χ0v) is 11.1. The Bertz CT molecular complexity index is 434. The van der Waals surface area contributed by atoms with Crippen LogP contribution in [0.25, 0.3) is 6.08 Å². The largest absolute Gasteiger partial charge is 0.0958 e. The second kappa shape index (κ2) is 5.16. The van der Waals surface area contributed by atoms with Crippen LogP contribution in [-0.2, 0) is 0 Å². The van der Waals surface area contributed by atoms with Crippen molar-refractivity contribution >= 4 is 6.08 Å². The van der Waals surface area contributed by atoms with Crippen molar-refractivity contribution in [3.05, 3.63) is 52.1 Å². The van der Waals surface area contributed by atoms with Crippen LogP contribution in [0.3, 0.4) is 0 Å². The van der Waals surface area contributed by atoms with Crippen molar-refractivity contribution < 1.29 is 0 Å². The molecule has 0 amide bonds. The van der Waals surface area contributed by atoms with Crippen LogP contribution in [0.2, 0.25) is 0 Å². The Labute approximate surface area is 99.7 Å². The molecule has 0 spiro atoms. The number of aryl methyl sites for hydroxylation is 2. The van der Waals surface area contributed by atoms with Gasteiger partial charge in [-0.15, -0.1) is 0 Å². The zero-order chi connectivity index (χ0) is 12.3. The first-order valence-electron chi connectivity index (χ1n) is 5.90. The van der Waals surface area contributed by atoms with Gasteiger partial charge in [0.1, 0.15) is 0 Å². The molecule has 1 aromatic rings. The molecule has 0 saturated carbocycles. The van der Waals surface area contributed by atoms with Crippen LogP contribution in [0.1, 0.15) is 42.5 Å². The van der Waals surface area contributed by atoms with Crippen LogP contribution in [0.5, 0.6) is 0 Å². The summed E-state index contributed by atoms with van der Waals surface area (Å²) in [7, 11) is 0. The molecule has 0 aliphatic carbocycles. The Balaban J connectivity index is 3.28. The van der Waals surface area contributed by atoms with Crippen molar-refractivity contribution in [3.63, 3.8) is 0 Å². The summed E-state index contributed by atoms with van der Waals surface area (Å²) in [5.41, 5.74) is 7.90. The lowest BCUT2D eigenvalue weighted by Crippen LogP contribution is -1.90. The third-order valence-electron chi connectivity index (χ3n) is 3.11. The maximum atomic E-state index is 4.03. The van der Waals surface area contributed by atoms with E-state index in [0.717, 1.165) is 6.42 Å². The van der Waals surface area contributed by atoms with Crippen molar-refractivity contribution in [2.45, 2.75) is 41.0 Å². The lowest BCUT2D eigenvalue weighted by molar-refractivity contribution is 1.12. The Hall–Kier alpha value is -1.30. The van der Waals surface area contributed by atoms with Gasteiger partial charge in [0, 0.05) is 0 Å². The predicted molar refractivity (Wildman–Crippen MR) is 73.7 cm³/mol. The van der Waals surface area contributed by atoms with Gasteiger partial charge in [-0.2, -0.15) is 0 Å². The molecule has 0 bridgehead atoms. The van der Waals surface area contributed by atoms with Crippen molar-refractivity contribution in [1.82, 2.24) is 0 Å². The number of allylic oxidation sites excluding steroid dienone is 2. The lowest BCUT2D eigenvalue weighted by Gasteiger charge is -2.10. The van der Waals surface area contributed by atoms with E-state index in [0.29, 0.717) is 0 Å². The highest BCUT2D eigenvalue weighted by Crippen LogP contribution is 2.22. The van der Waals surface area contributed by atoms with Crippen molar-refractivity contribution in [1.29, 1.82) is 0 Å². The second-order valence-electron chi connectivity index (χ2n) is 4.60. The molecular formula is C16H22. The highest BCUT2D eigenvalue weighted by atomic mass is 14.1. The Morgan fingerprint density at radius 3 is 2.38 bits per heavy atom. The average Bonchev–Trinajstić information content (AvgIpc) is 2.20. The minimum absolute atomic E-state index is 1.04. The van der Waals surface area contributed by atoms with E-state index in [4.69, 9.17) is 0 Å². The third kappa shape index (κ3) is 2.85. The van der Waals surface area contributed by atoms with Crippen LogP contribution in [-0.4, -0.2) is 0 Å². The minimum Gasteiger partial charge on any atom is -0.0958 e. The van der Waals surface area contributed by atoms with Crippen molar-refractivity contribution in [2.75, 3.05) is 0 Å². The fraction of sp³-hybridized carbons (Fsp3) is 0.375. The summed E-state index contributed by atoms with van der Waals surface area (Å²) in [4.78, 5) is 0. The molecule has 0 radical (unpaired) electrons. The van der Waals surface area contributed by atoms with Gasteiger partial charge < -0.3 is 0 Å². The molecule has 0 unspecified atom stereocenters. The number of benzene rings is 1. The van der Waals surface area contributed by atoms with Gasteiger partial charge in [0.25, 0.3) is 0 Å². The van der Waals surface area contributed by atoms with Crippen LogP contribution >= 0.6 is 0 Å². The molecule has 0 nitrogen and oxygen atoms in total. The van der Waals surface area contributed by atoms with Gasteiger partial charge in [-0.1, -0.05) is 42.8 Å². The summed E-state index contributed by atoms with van der Waals surface area (Å²) in [5.74, 6) is 0. The molecule has 0 aliphatic rings. The van der Waals surface area contributed by atoms with E-state index >= 15 is 0 Å². The first-order chi connectivity index (χ1) is 7.45. The van der Waals surface area contributed by atoms with Crippen LogP contribution < -0.4 is 0 Å². The quantitative estimate of drug-likeness (QED) is 0.622. The van der Waals surface area contributed by atoms with E-state index in [-0.39, 0.29) is 0 Å². The highest BCUT2D eigenvalue weighted by molar-refractivity contribution is 5.62. The fourth-order valence-electron chi connectivity index (χ4n) is 1.94. The average molecular weight is 214 g/mol. The van der Waals surface area contributed by atoms with Gasteiger partial charge >= 0.3 is 0 Å². The SMILES string of the molecule is C=C(C)/C(=C\c1cc(C)cc(C)c1C)CC. The van der Waals surface area contributed by atoms with Crippen molar-refractivity contribution in [2.24, 2.45) is 0 Å². The van der Waals surface area contributed by atoms with E-state index in [9.17, 15) is 0 Å². The Morgan fingerprint density at radius 2 is 1.88 bits per heavy atom. The normalized spacial score (nSPS) is 11.7. The predicted octanol–water partition coefficient (Wildman–Crippen LogP) is 4.98. The Kier molecular flexibility index (Phi) is 4.12. The summed E-state index contributed by atoms with van der Waals surface area (Å²) in [6, 6.07) is 4.49. The maximum Gasteiger partial charge on any atom is -0.0219 e. The van der Waals surface area contributed by atoms with Crippen LogP contribution in [0.4, 0.5) is 0 Å². The first kappa shape index (κ1) is 12.8. The van der Waals surface area contributed by atoms with E-state index in [1.807, 2.05) is 0 Å². The molecule has 1 aromatic carbocycles. The highest BCUT2D eigenvalue weighted by Gasteiger charge is 2.02. The molecule has 0 N–H and O–H groups in total. The number of hydrogen-bond donors (Lipinski definition) is 0. The summed E-state index contributed by atoms with van der Waals surface area (Å²) in [6.45, 7) is 14.8. The lowest BCUT2D eigenvalue weighted by atomic mass is 9.96. The molecule has 0 aromatic heterocycles. The standard InChI is InChI=1S/C16H22/c1-7-15(11(2)3)10-16-9-12(4)8-13(5)14(16)6/h8-10H,2,7H2,1,3-6H3/b15-10-. The second-order valence-corrected chi connectivity index (χ2v) is 4.60. The summed E-state index contributed by atoms with van der Waals surface area (Å²) < 4.78 is 0. The smallest absolute Gasteiger partial charge is 0.0219 e. The minimum atomic E-state index is 1.04. The summed E-state index contributed by atoms with van der Waals surface area (Å²) in [6.07, 6.45) is 3.32. The van der Waals surface area contributed by atoms with E-state index in [1.54, 1.807) is 0 Å². The van der Waals surface area contributed by atoms with Gasteiger partial charge in [-0.3, -0.25) is 0 Å².